The first-order chi connectivity index (χ1) is 13.8. The molecule has 0 aromatic heterocycles. The molecule has 1 saturated carbocycles. The Balaban J connectivity index is 1.50. The molecule has 1 aromatic carbocycles. The van der Waals surface area contributed by atoms with Gasteiger partial charge in [0.05, 0.1) is 6.61 Å². The Morgan fingerprint density at radius 3 is 2.54 bits per heavy atom. The van der Waals surface area contributed by atoms with E-state index >= 15 is 0 Å². The molecule has 5 nitrogen and oxygen atoms in total. The lowest BCUT2D eigenvalue weighted by Crippen LogP contribution is -2.47. The normalized spacial score (nSPS) is 23.3. The number of hydrogen-bond donors (Lipinski definition) is 1. The van der Waals surface area contributed by atoms with Gasteiger partial charge in [0.15, 0.2) is 0 Å². The first-order valence-corrected chi connectivity index (χ1v) is 11.1. The van der Waals surface area contributed by atoms with Crippen LogP contribution in [-0.4, -0.2) is 56.3 Å². The van der Waals surface area contributed by atoms with E-state index in [0.29, 0.717) is 37.3 Å². The molecule has 2 atom stereocenters. The second-order valence-corrected chi connectivity index (χ2v) is 8.06. The third-order valence-corrected chi connectivity index (χ3v) is 5.98. The van der Waals surface area contributed by atoms with Gasteiger partial charge in [0, 0.05) is 24.8 Å². The van der Waals surface area contributed by atoms with Crippen LogP contribution in [0.3, 0.4) is 0 Å². The molecule has 28 heavy (non-hydrogen) atoms. The van der Waals surface area contributed by atoms with Crippen LogP contribution in [0.15, 0.2) is 24.3 Å². The standard InChI is InChI=1S/C23H36N2O3/c1-2-27-16-17-28-21-12-10-19(11-13-21)23(26)24-22-9-5-4-8-20(22)18-25-14-6-3-7-15-25/h10-13,20,22H,2-9,14-18H2,1H3,(H,24,26)/t20-,22?/m1/s1. The van der Waals surface area contributed by atoms with Crippen molar-refractivity contribution in [3.05, 3.63) is 29.8 Å². The van der Waals surface area contributed by atoms with Crippen LogP contribution in [0.2, 0.25) is 0 Å². The molecule has 1 aliphatic heterocycles. The Bertz CT molecular complexity index is 584. The van der Waals surface area contributed by atoms with Crippen LogP contribution in [0.25, 0.3) is 0 Å². The quantitative estimate of drug-likeness (QED) is 0.653. The van der Waals surface area contributed by atoms with E-state index in [1.165, 1.54) is 51.6 Å². The number of rotatable bonds is 9. The number of ether oxygens (including phenoxy) is 2. The zero-order chi connectivity index (χ0) is 19.6. The van der Waals surface area contributed by atoms with E-state index in [9.17, 15) is 4.79 Å². The molecular formula is C23H36N2O3. The van der Waals surface area contributed by atoms with Crippen LogP contribution >= 0.6 is 0 Å². The molecule has 1 unspecified atom stereocenters. The van der Waals surface area contributed by atoms with E-state index in [2.05, 4.69) is 10.2 Å². The summed E-state index contributed by atoms with van der Waals surface area (Å²) in [5, 5.41) is 3.33. The molecule has 1 saturated heterocycles. The number of carbonyl (C=O) groups is 1. The maximum Gasteiger partial charge on any atom is 0.251 e. The van der Waals surface area contributed by atoms with Crippen LogP contribution in [0, 0.1) is 5.92 Å². The predicted molar refractivity (Wildman–Crippen MR) is 112 cm³/mol. The second-order valence-electron chi connectivity index (χ2n) is 8.06. The van der Waals surface area contributed by atoms with Gasteiger partial charge in [-0.3, -0.25) is 4.79 Å². The van der Waals surface area contributed by atoms with Gasteiger partial charge in [0.2, 0.25) is 0 Å². The van der Waals surface area contributed by atoms with Crippen LogP contribution in [0.4, 0.5) is 0 Å². The third-order valence-electron chi connectivity index (χ3n) is 5.98. The summed E-state index contributed by atoms with van der Waals surface area (Å²) < 4.78 is 10.9. The number of nitrogens with zero attached hydrogens (tertiary/aromatic N) is 1. The van der Waals surface area contributed by atoms with Crippen molar-refractivity contribution in [2.75, 3.05) is 39.5 Å². The van der Waals surface area contributed by atoms with Crippen LogP contribution in [0.5, 0.6) is 5.75 Å². The smallest absolute Gasteiger partial charge is 0.251 e. The van der Waals surface area contributed by atoms with Crippen LogP contribution in [-0.2, 0) is 4.74 Å². The highest BCUT2D eigenvalue weighted by atomic mass is 16.5. The summed E-state index contributed by atoms with van der Waals surface area (Å²) in [6, 6.07) is 7.74. The molecule has 1 aromatic rings. The van der Waals surface area contributed by atoms with Crippen molar-refractivity contribution in [3.63, 3.8) is 0 Å². The topological polar surface area (TPSA) is 50.8 Å². The van der Waals surface area contributed by atoms with Crippen molar-refractivity contribution >= 4 is 5.91 Å². The van der Waals surface area contributed by atoms with E-state index in [1.54, 1.807) is 0 Å². The Labute approximate surface area is 169 Å². The lowest BCUT2D eigenvalue weighted by molar-refractivity contribution is 0.0877. The van der Waals surface area contributed by atoms with E-state index in [4.69, 9.17) is 9.47 Å². The van der Waals surface area contributed by atoms with Crippen molar-refractivity contribution in [2.24, 2.45) is 5.92 Å². The van der Waals surface area contributed by atoms with Gasteiger partial charge in [-0.1, -0.05) is 19.3 Å². The summed E-state index contributed by atoms with van der Waals surface area (Å²) in [7, 11) is 0. The zero-order valence-corrected chi connectivity index (χ0v) is 17.3. The summed E-state index contributed by atoms with van der Waals surface area (Å²) in [5.74, 6) is 1.39. The van der Waals surface area contributed by atoms with Crippen molar-refractivity contribution < 1.29 is 14.3 Å². The maximum atomic E-state index is 12.8. The molecule has 2 aliphatic rings. The summed E-state index contributed by atoms with van der Waals surface area (Å²) in [6.07, 6.45) is 8.85. The summed E-state index contributed by atoms with van der Waals surface area (Å²) in [6.45, 7) is 7.36. The van der Waals surface area contributed by atoms with Gasteiger partial charge < -0.3 is 19.7 Å². The average molecular weight is 389 g/mol. The fourth-order valence-corrected chi connectivity index (χ4v) is 4.41. The molecule has 1 aliphatic carbocycles. The first kappa shape index (κ1) is 21.1. The van der Waals surface area contributed by atoms with Crippen LogP contribution < -0.4 is 10.1 Å². The predicted octanol–water partition coefficient (Wildman–Crippen LogP) is 3.88. The number of carbonyl (C=O) groups excluding carboxylic acids is 1. The molecular weight excluding hydrogens is 352 g/mol. The zero-order valence-electron chi connectivity index (χ0n) is 17.3. The Morgan fingerprint density at radius 2 is 1.79 bits per heavy atom. The van der Waals surface area contributed by atoms with Gasteiger partial charge >= 0.3 is 0 Å². The number of nitrogens with one attached hydrogen (secondary N) is 1. The van der Waals surface area contributed by atoms with Gasteiger partial charge in [-0.15, -0.1) is 0 Å². The SMILES string of the molecule is CCOCCOc1ccc(C(=O)NC2CCCC[C@@H]2CN2CCCCC2)cc1. The molecule has 1 amide bonds. The molecule has 0 spiro atoms. The minimum Gasteiger partial charge on any atom is -0.491 e. The Hall–Kier alpha value is -1.59. The number of likely N-dealkylation sites (tertiary alicyclic amines) is 1. The molecule has 3 rings (SSSR count). The summed E-state index contributed by atoms with van der Waals surface area (Å²) in [4.78, 5) is 15.4. The molecule has 0 radical (unpaired) electrons. The highest BCUT2D eigenvalue weighted by Crippen LogP contribution is 2.27. The molecule has 1 N–H and O–H groups in total. The maximum absolute atomic E-state index is 12.8. The van der Waals surface area contributed by atoms with Crippen molar-refractivity contribution in [1.29, 1.82) is 0 Å². The molecule has 0 bridgehead atoms. The molecule has 156 valence electrons. The fraction of sp³-hybridized carbons (Fsp3) is 0.696. The van der Waals surface area contributed by atoms with Crippen molar-refractivity contribution in [3.8, 4) is 5.75 Å². The fourth-order valence-electron chi connectivity index (χ4n) is 4.41. The lowest BCUT2D eigenvalue weighted by atomic mass is 9.83. The highest BCUT2D eigenvalue weighted by Gasteiger charge is 2.28. The van der Waals surface area contributed by atoms with Crippen molar-refractivity contribution in [2.45, 2.75) is 57.9 Å². The highest BCUT2D eigenvalue weighted by molar-refractivity contribution is 5.94. The van der Waals surface area contributed by atoms with E-state index in [-0.39, 0.29) is 5.91 Å². The molecule has 2 fully saturated rings. The number of hydrogen-bond acceptors (Lipinski definition) is 4. The largest absolute Gasteiger partial charge is 0.491 e. The lowest BCUT2D eigenvalue weighted by Gasteiger charge is -2.37. The van der Waals surface area contributed by atoms with Crippen molar-refractivity contribution in [1.82, 2.24) is 10.2 Å². The first-order valence-electron chi connectivity index (χ1n) is 11.1. The number of piperidine rings is 1. The minimum absolute atomic E-state index is 0.0383. The van der Waals surface area contributed by atoms with E-state index in [0.717, 1.165) is 18.7 Å². The monoisotopic (exact) mass is 388 g/mol. The minimum atomic E-state index is 0.0383. The van der Waals surface area contributed by atoms with E-state index in [1.807, 2.05) is 31.2 Å². The Kier molecular flexibility index (Phi) is 8.62. The van der Waals surface area contributed by atoms with Gasteiger partial charge in [0.25, 0.3) is 5.91 Å². The second kappa shape index (κ2) is 11.4. The average Bonchev–Trinajstić information content (AvgIpc) is 2.74. The van der Waals surface area contributed by atoms with Gasteiger partial charge in [0.1, 0.15) is 12.4 Å². The summed E-state index contributed by atoms with van der Waals surface area (Å²) in [5.41, 5.74) is 0.708. The molecule has 5 heteroatoms. The number of amides is 1. The molecule has 1 heterocycles. The Morgan fingerprint density at radius 1 is 1.04 bits per heavy atom. The van der Waals surface area contributed by atoms with E-state index < -0.39 is 0 Å². The van der Waals surface area contributed by atoms with Gasteiger partial charge in [-0.05, 0) is 75.9 Å². The van der Waals surface area contributed by atoms with Gasteiger partial charge in [-0.2, -0.15) is 0 Å². The number of benzene rings is 1. The third kappa shape index (κ3) is 6.49. The summed E-state index contributed by atoms with van der Waals surface area (Å²) >= 11 is 0. The van der Waals surface area contributed by atoms with Gasteiger partial charge in [-0.25, -0.2) is 0 Å². The van der Waals surface area contributed by atoms with Crippen LogP contribution in [0.1, 0.15) is 62.2 Å².